The number of nitrogens with zero attached hydrogens (tertiary/aromatic N) is 2. The molecule has 0 spiro atoms. The first-order valence-corrected chi connectivity index (χ1v) is 7.25. The molecule has 0 bridgehead atoms. The second-order valence-electron chi connectivity index (χ2n) is 3.92. The molecule has 18 heavy (non-hydrogen) atoms. The second-order valence-corrected chi connectivity index (χ2v) is 6.25. The van der Waals surface area contributed by atoms with Gasteiger partial charge < -0.3 is 5.32 Å². The normalized spacial score (nSPS) is 21.4. The molecule has 1 atom stereocenters. The molecule has 96 valence electrons. The van der Waals surface area contributed by atoms with Crippen molar-refractivity contribution in [1.29, 1.82) is 5.26 Å². The van der Waals surface area contributed by atoms with Gasteiger partial charge in [-0.2, -0.15) is 9.57 Å². The highest BCUT2D eigenvalue weighted by Crippen LogP contribution is 2.20. The topological polar surface area (TPSA) is 73.2 Å². The van der Waals surface area contributed by atoms with Gasteiger partial charge in [-0.3, -0.25) is 0 Å². The zero-order valence-corrected chi connectivity index (χ0v) is 11.1. The highest BCUT2D eigenvalue weighted by Gasteiger charge is 2.33. The fourth-order valence-corrected chi connectivity index (χ4v) is 3.49. The standard InChI is InChI=1S/C11H12ClN3O2S/c12-9-1-3-11(4-2-9)18(16,17)15-6-5-14-8-10(15)7-13/h1-4,10,14H,5-6,8H2. The van der Waals surface area contributed by atoms with E-state index in [4.69, 9.17) is 16.9 Å². The fraction of sp³-hybridized carbons (Fsp3) is 0.364. The number of hydrogen-bond donors (Lipinski definition) is 1. The summed E-state index contributed by atoms with van der Waals surface area (Å²) in [6.45, 7) is 1.19. The molecule has 0 saturated carbocycles. The molecule has 0 aromatic heterocycles. The first kappa shape index (κ1) is 13.3. The van der Waals surface area contributed by atoms with Crippen LogP contribution in [0.25, 0.3) is 0 Å². The lowest BCUT2D eigenvalue weighted by Crippen LogP contribution is -2.52. The van der Waals surface area contributed by atoms with Gasteiger partial charge in [-0.15, -0.1) is 0 Å². The third-order valence-corrected chi connectivity index (χ3v) is 4.94. The molecule has 1 aromatic rings. The molecule has 1 aliphatic heterocycles. The van der Waals surface area contributed by atoms with E-state index in [0.29, 0.717) is 24.7 Å². The van der Waals surface area contributed by atoms with E-state index in [9.17, 15) is 8.42 Å². The minimum absolute atomic E-state index is 0.161. The van der Waals surface area contributed by atoms with Crippen LogP contribution in [0.15, 0.2) is 29.2 Å². The van der Waals surface area contributed by atoms with E-state index in [1.807, 2.05) is 6.07 Å². The van der Waals surface area contributed by atoms with Gasteiger partial charge >= 0.3 is 0 Å². The molecular weight excluding hydrogens is 274 g/mol. The first-order valence-electron chi connectivity index (χ1n) is 5.43. The fourth-order valence-electron chi connectivity index (χ4n) is 1.83. The molecule has 1 fully saturated rings. The Bertz CT molecular complexity index is 565. The van der Waals surface area contributed by atoms with Gasteiger partial charge in [0, 0.05) is 24.7 Å². The van der Waals surface area contributed by atoms with Gasteiger partial charge in [-0.05, 0) is 24.3 Å². The van der Waals surface area contributed by atoms with Crippen LogP contribution < -0.4 is 5.32 Å². The number of piperazine rings is 1. The van der Waals surface area contributed by atoms with Crippen LogP contribution in [0.5, 0.6) is 0 Å². The van der Waals surface area contributed by atoms with E-state index in [1.54, 1.807) is 0 Å². The largest absolute Gasteiger partial charge is 0.313 e. The van der Waals surface area contributed by atoms with E-state index in [-0.39, 0.29) is 4.90 Å². The predicted molar refractivity (Wildman–Crippen MR) is 67.6 cm³/mol. The summed E-state index contributed by atoms with van der Waals surface area (Å²) < 4.78 is 26.0. The van der Waals surface area contributed by atoms with Gasteiger partial charge in [-0.1, -0.05) is 11.6 Å². The van der Waals surface area contributed by atoms with Crippen molar-refractivity contribution >= 4 is 21.6 Å². The van der Waals surface area contributed by atoms with Gasteiger partial charge in [0.2, 0.25) is 10.0 Å². The van der Waals surface area contributed by atoms with Crippen LogP contribution in [0, 0.1) is 11.3 Å². The minimum Gasteiger partial charge on any atom is -0.313 e. The number of sulfonamides is 1. The van der Waals surface area contributed by atoms with Gasteiger partial charge in [0.25, 0.3) is 0 Å². The molecule has 7 heteroatoms. The summed E-state index contributed by atoms with van der Waals surface area (Å²) in [5.41, 5.74) is 0. The quantitative estimate of drug-likeness (QED) is 0.873. The van der Waals surface area contributed by atoms with Crippen molar-refractivity contribution in [2.24, 2.45) is 0 Å². The Morgan fingerprint density at radius 3 is 2.67 bits per heavy atom. The predicted octanol–water partition coefficient (Wildman–Crippen LogP) is 0.826. The first-order chi connectivity index (χ1) is 8.55. The third-order valence-electron chi connectivity index (χ3n) is 2.76. The van der Waals surface area contributed by atoms with Crippen molar-refractivity contribution in [2.75, 3.05) is 19.6 Å². The van der Waals surface area contributed by atoms with E-state index < -0.39 is 16.1 Å². The number of benzene rings is 1. The van der Waals surface area contributed by atoms with Crippen molar-refractivity contribution in [3.63, 3.8) is 0 Å². The average Bonchev–Trinajstić information content (AvgIpc) is 2.39. The van der Waals surface area contributed by atoms with Crippen molar-refractivity contribution in [3.05, 3.63) is 29.3 Å². The number of nitriles is 1. The smallest absolute Gasteiger partial charge is 0.244 e. The zero-order chi connectivity index (χ0) is 13.2. The van der Waals surface area contributed by atoms with Crippen molar-refractivity contribution in [2.45, 2.75) is 10.9 Å². The Balaban J connectivity index is 2.35. The Morgan fingerprint density at radius 2 is 2.06 bits per heavy atom. The molecule has 5 nitrogen and oxygen atoms in total. The number of halogens is 1. The molecule has 1 unspecified atom stereocenters. The number of rotatable bonds is 2. The van der Waals surface area contributed by atoms with Crippen molar-refractivity contribution in [1.82, 2.24) is 9.62 Å². The highest BCUT2D eigenvalue weighted by atomic mass is 35.5. The maximum absolute atomic E-state index is 12.4. The summed E-state index contributed by atoms with van der Waals surface area (Å²) in [4.78, 5) is 0.161. The SMILES string of the molecule is N#CC1CNCCN1S(=O)(=O)c1ccc(Cl)cc1. The minimum atomic E-state index is -3.63. The Hall–Kier alpha value is -1.13. The maximum Gasteiger partial charge on any atom is 0.244 e. The molecular formula is C11H12ClN3O2S. The lowest BCUT2D eigenvalue weighted by Gasteiger charge is -2.30. The van der Waals surface area contributed by atoms with Crippen LogP contribution in [0.3, 0.4) is 0 Å². The lowest BCUT2D eigenvalue weighted by molar-refractivity contribution is 0.312. The average molecular weight is 286 g/mol. The lowest BCUT2D eigenvalue weighted by atomic mass is 10.3. The Morgan fingerprint density at radius 1 is 1.39 bits per heavy atom. The number of hydrogen-bond acceptors (Lipinski definition) is 4. The van der Waals surface area contributed by atoms with Crippen LogP contribution >= 0.6 is 11.6 Å². The summed E-state index contributed by atoms with van der Waals surface area (Å²) in [7, 11) is -3.63. The molecule has 0 radical (unpaired) electrons. The third kappa shape index (κ3) is 2.49. The van der Waals surface area contributed by atoms with Gasteiger partial charge in [0.15, 0.2) is 0 Å². The van der Waals surface area contributed by atoms with E-state index in [2.05, 4.69) is 5.32 Å². The molecule has 2 rings (SSSR count). The van der Waals surface area contributed by atoms with Crippen molar-refractivity contribution in [3.8, 4) is 6.07 Å². The van der Waals surface area contributed by atoms with E-state index in [1.165, 1.54) is 28.6 Å². The second kappa shape index (κ2) is 5.24. The summed E-state index contributed by atoms with van der Waals surface area (Å²) in [6.07, 6.45) is 0. The highest BCUT2D eigenvalue weighted by molar-refractivity contribution is 7.89. The zero-order valence-electron chi connectivity index (χ0n) is 9.51. The van der Waals surface area contributed by atoms with Crippen LogP contribution in [0.1, 0.15) is 0 Å². The molecule has 1 aliphatic rings. The van der Waals surface area contributed by atoms with Gasteiger partial charge in [0.1, 0.15) is 6.04 Å². The molecule has 1 N–H and O–H groups in total. The van der Waals surface area contributed by atoms with Crippen LogP contribution in [-0.2, 0) is 10.0 Å². The summed E-state index contributed by atoms with van der Waals surface area (Å²) in [5.74, 6) is 0. The van der Waals surface area contributed by atoms with Crippen molar-refractivity contribution < 1.29 is 8.42 Å². The molecule has 0 amide bonds. The van der Waals surface area contributed by atoms with Gasteiger partial charge in [-0.25, -0.2) is 8.42 Å². The molecule has 0 aliphatic carbocycles. The van der Waals surface area contributed by atoms with Crippen LogP contribution in [-0.4, -0.2) is 38.4 Å². The Kier molecular flexibility index (Phi) is 3.88. The molecule has 1 saturated heterocycles. The van der Waals surface area contributed by atoms with Crippen LogP contribution in [0.4, 0.5) is 0 Å². The van der Waals surface area contributed by atoms with Crippen LogP contribution in [0.2, 0.25) is 5.02 Å². The van der Waals surface area contributed by atoms with Gasteiger partial charge in [0.05, 0.1) is 11.0 Å². The monoisotopic (exact) mass is 285 g/mol. The summed E-state index contributed by atoms with van der Waals surface area (Å²) >= 11 is 5.73. The number of nitrogens with one attached hydrogen (secondary N) is 1. The van der Waals surface area contributed by atoms with E-state index >= 15 is 0 Å². The molecule has 1 heterocycles. The molecule has 1 aromatic carbocycles. The Labute approximate surface area is 111 Å². The van der Waals surface area contributed by atoms with E-state index in [0.717, 1.165) is 0 Å². The summed E-state index contributed by atoms with van der Waals surface area (Å²) in [5, 5.41) is 12.5. The summed E-state index contributed by atoms with van der Waals surface area (Å²) in [6, 6.07) is 7.29. The maximum atomic E-state index is 12.4.